The number of benzene rings is 1. The highest BCUT2D eigenvalue weighted by Gasteiger charge is 2.18. The van der Waals surface area contributed by atoms with E-state index in [2.05, 4.69) is 66.3 Å². The summed E-state index contributed by atoms with van der Waals surface area (Å²) in [6.45, 7) is 8.47. The van der Waals surface area contributed by atoms with E-state index in [1.54, 1.807) is 0 Å². The fraction of sp³-hybridized carbons (Fsp3) is 0.474. The largest absolute Gasteiger partial charge is 0.354 e. The smallest absolute Gasteiger partial charge is 0.225 e. The quantitative estimate of drug-likeness (QED) is 0.915. The van der Waals surface area contributed by atoms with Crippen LogP contribution in [0, 0.1) is 0 Å². The van der Waals surface area contributed by atoms with Gasteiger partial charge in [-0.15, -0.1) is 0 Å². The van der Waals surface area contributed by atoms with Crippen LogP contribution in [0.5, 0.6) is 0 Å². The molecule has 0 amide bonds. The molecule has 0 saturated carbocycles. The molecule has 0 bridgehead atoms. The number of nitrogens with one attached hydrogen (secondary N) is 1. The maximum Gasteiger partial charge on any atom is 0.225 e. The van der Waals surface area contributed by atoms with E-state index in [0.717, 1.165) is 55.6 Å². The number of hydrogen-bond donors (Lipinski definition) is 1. The fourth-order valence-corrected chi connectivity index (χ4v) is 2.78. The molecule has 5 nitrogen and oxygen atoms in total. The van der Waals surface area contributed by atoms with Gasteiger partial charge >= 0.3 is 0 Å². The van der Waals surface area contributed by atoms with Crippen molar-refractivity contribution >= 4 is 11.8 Å². The third kappa shape index (κ3) is 4.03. The lowest BCUT2D eigenvalue weighted by molar-refractivity contribution is 0.312. The van der Waals surface area contributed by atoms with Crippen LogP contribution in [0.15, 0.2) is 36.4 Å². The van der Waals surface area contributed by atoms with Gasteiger partial charge in [0, 0.05) is 43.9 Å². The fourth-order valence-electron chi connectivity index (χ4n) is 2.78. The molecule has 3 rings (SSSR count). The molecule has 1 atom stereocenters. The lowest BCUT2D eigenvalue weighted by Gasteiger charge is -2.33. The van der Waals surface area contributed by atoms with E-state index in [1.807, 2.05) is 6.07 Å². The van der Waals surface area contributed by atoms with Crippen molar-refractivity contribution in [1.29, 1.82) is 0 Å². The first-order valence-electron chi connectivity index (χ1n) is 8.80. The second kappa shape index (κ2) is 7.62. The highest BCUT2D eigenvalue weighted by Crippen LogP contribution is 2.24. The normalized spacial score (nSPS) is 16.9. The van der Waals surface area contributed by atoms with Gasteiger partial charge in [-0.2, -0.15) is 4.98 Å². The summed E-state index contributed by atoms with van der Waals surface area (Å²) < 4.78 is 0. The minimum absolute atomic E-state index is 0.358. The van der Waals surface area contributed by atoms with Crippen LogP contribution in [0.2, 0.25) is 0 Å². The summed E-state index contributed by atoms with van der Waals surface area (Å²) in [4.78, 5) is 14.2. The zero-order valence-electron chi connectivity index (χ0n) is 14.9. The summed E-state index contributed by atoms with van der Waals surface area (Å²) in [5.41, 5.74) is 2.10. The Balaban J connectivity index is 1.93. The van der Waals surface area contributed by atoms with Gasteiger partial charge in [-0.05, 0) is 20.4 Å². The number of hydrogen-bond acceptors (Lipinski definition) is 5. The molecule has 0 radical (unpaired) electrons. The van der Waals surface area contributed by atoms with E-state index >= 15 is 0 Å². The molecule has 5 heteroatoms. The Morgan fingerprint density at radius 2 is 1.79 bits per heavy atom. The standard InChI is InChI=1S/C19H27N5/c1-4-15(2)20-19-21-17(16-8-6-5-7-9-16)14-18(22-19)24-12-10-23(3)11-13-24/h5-9,14-15H,4,10-13H2,1-3H3,(H,20,21,22). The summed E-state index contributed by atoms with van der Waals surface area (Å²) >= 11 is 0. The maximum absolute atomic E-state index is 4.78. The van der Waals surface area contributed by atoms with Crippen LogP contribution in [0.1, 0.15) is 20.3 Å². The van der Waals surface area contributed by atoms with Crippen LogP contribution in [-0.4, -0.2) is 54.1 Å². The molecule has 1 aromatic heterocycles. The van der Waals surface area contributed by atoms with Gasteiger partial charge in [-0.25, -0.2) is 4.98 Å². The number of piperazine rings is 1. The van der Waals surface area contributed by atoms with E-state index in [4.69, 9.17) is 9.97 Å². The van der Waals surface area contributed by atoms with Crippen LogP contribution in [0.25, 0.3) is 11.3 Å². The lowest BCUT2D eigenvalue weighted by Crippen LogP contribution is -2.44. The summed E-state index contributed by atoms with van der Waals surface area (Å²) in [6, 6.07) is 12.8. The van der Waals surface area contributed by atoms with Crippen molar-refractivity contribution in [2.24, 2.45) is 0 Å². The SMILES string of the molecule is CCC(C)Nc1nc(-c2ccccc2)cc(N2CCN(C)CC2)n1. The van der Waals surface area contributed by atoms with Gasteiger partial charge in [-0.1, -0.05) is 37.3 Å². The van der Waals surface area contributed by atoms with Crippen molar-refractivity contribution in [2.45, 2.75) is 26.3 Å². The molecular weight excluding hydrogens is 298 g/mol. The molecule has 1 unspecified atom stereocenters. The third-order valence-electron chi connectivity index (χ3n) is 4.60. The Morgan fingerprint density at radius 3 is 2.46 bits per heavy atom. The summed E-state index contributed by atoms with van der Waals surface area (Å²) in [5.74, 6) is 1.74. The van der Waals surface area contributed by atoms with Crippen LogP contribution >= 0.6 is 0 Å². The molecular formula is C19H27N5. The van der Waals surface area contributed by atoms with Gasteiger partial charge in [0.15, 0.2) is 0 Å². The van der Waals surface area contributed by atoms with Crippen molar-refractivity contribution in [3.05, 3.63) is 36.4 Å². The lowest BCUT2D eigenvalue weighted by atomic mass is 10.1. The molecule has 1 aliphatic heterocycles. The van der Waals surface area contributed by atoms with E-state index < -0.39 is 0 Å². The highest BCUT2D eigenvalue weighted by atomic mass is 15.3. The number of anilines is 2. The van der Waals surface area contributed by atoms with E-state index in [1.165, 1.54) is 0 Å². The maximum atomic E-state index is 4.78. The minimum atomic E-state index is 0.358. The van der Waals surface area contributed by atoms with Crippen molar-refractivity contribution < 1.29 is 0 Å². The monoisotopic (exact) mass is 325 g/mol. The minimum Gasteiger partial charge on any atom is -0.354 e. The first-order chi connectivity index (χ1) is 11.7. The summed E-state index contributed by atoms with van der Waals surface area (Å²) in [6.07, 6.45) is 1.04. The van der Waals surface area contributed by atoms with Gasteiger partial charge in [0.05, 0.1) is 5.69 Å². The molecule has 24 heavy (non-hydrogen) atoms. The first kappa shape index (κ1) is 16.7. The van der Waals surface area contributed by atoms with Gasteiger partial charge in [-0.3, -0.25) is 0 Å². The average molecular weight is 325 g/mol. The summed E-state index contributed by atoms with van der Waals surface area (Å²) in [5, 5.41) is 3.43. The predicted molar refractivity (Wildman–Crippen MR) is 101 cm³/mol. The van der Waals surface area contributed by atoms with Gasteiger partial charge in [0.1, 0.15) is 5.82 Å². The Morgan fingerprint density at radius 1 is 1.08 bits per heavy atom. The molecule has 0 aliphatic carbocycles. The van der Waals surface area contributed by atoms with E-state index in [0.29, 0.717) is 6.04 Å². The number of aromatic nitrogens is 2. The van der Waals surface area contributed by atoms with Crippen LogP contribution in [0.4, 0.5) is 11.8 Å². The zero-order chi connectivity index (χ0) is 16.9. The van der Waals surface area contributed by atoms with Crippen LogP contribution in [0.3, 0.4) is 0 Å². The van der Waals surface area contributed by atoms with Crippen LogP contribution in [-0.2, 0) is 0 Å². The molecule has 2 heterocycles. The molecule has 0 spiro atoms. The van der Waals surface area contributed by atoms with Gasteiger partial charge in [0.2, 0.25) is 5.95 Å². The Bertz CT molecular complexity index is 650. The topological polar surface area (TPSA) is 44.3 Å². The average Bonchev–Trinajstić information content (AvgIpc) is 2.62. The zero-order valence-corrected chi connectivity index (χ0v) is 14.9. The van der Waals surface area contributed by atoms with E-state index in [-0.39, 0.29) is 0 Å². The predicted octanol–water partition coefficient (Wildman–Crippen LogP) is 3.11. The van der Waals surface area contributed by atoms with Crippen molar-refractivity contribution in [2.75, 3.05) is 43.4 Å². The second-order valence-corrected chi connectivity index (χ2v) is 6.54. The molecule has 1 aliphatic rings. The van der Waals surface area contributed by atoms with Gasteiger partial charge < -0.3 is 15.1 Å². The van der Waals surface area contributed by atoms with E-state index in [9.17, 15) is 0 Å². The first-order valence-corrected chi connectivity index (χ1v) is 8.80. The highest BCUT2D eigenvalue weighted by molar-refractivity contribution is 5.65. The van der Waals surface area contributed by atoms with Crippen molar-refractivity contribution in [1.82, 2.24) is 14.9 Å². The third-order valence-corrected chi connectivity index (χ3v) is 4.60. The molecule has 1 fully saturated rings. The second-order valence-electron chi connectivity index (χ2n) is 6.54. The van der Waals surface area contributed by atoms with Crippen molar-refractivity contribution in [3.63, 3.8) is 0 Å². The Kier molecular flexibility index (Phi) is 5.30. The molecule has 1 aromatic carbocycles. The number of nitrogens with zero attached hydrogens (tertiary/aromatic N) is 4. The number of likely N-dealkylation sites (N-methyl/N-ethyl adjacent to an activating group) is 1. The number of rotatable bonds is 5. The Labute approximate surface area is 144 Å². The van der Waals surface area contributed by atoms with Crippen LogP contribution < -0.4 is 10.2 Å². The van der Waals surface area contributed by atoms with Crippen molar-refractivity contribution in [3.8, 4) is 11.3 Å². The molecule has 128 valence electrons. The molecule has 2 aromatic rings. The molecule has 1 saturated heterocycles. The molecule has 1 N–H and O–H groups in total. The summed E-state index contributed by atoms with van der Waals surface area (Å²) in [7, 11) is 2.17. The van der Waals surface area contributed by atoms with Gasteiger partial charge in [0.25, 0.3) is 0 Å². The Hall–Kier alpha value is -2.14.